The summed E-state index contributed by atoms with van der Waals surface area (Å²) in [6, 6.07) is 0. The average molecular weight is 271 g/mol. The fourth-order valence-electron chi connectivity index (χ4n) is 2.00. The Balaban J connectivity index is 2.39. The summed E-state index contributed by atoms with van der Waals surface area (Å²) in [5.74, 6) is -2.09. The summed E-state index contributed by atoms with van der Waals surface area (Å²) in [6.07, 6.45) is 0.976. The molecular weight excluding hydrogens is 250 g/mol. The van der Waals surface area contributed by atoms with Gasteiger partial charge >= 0.3 is 12.1 Å². The molecule has 0 saturated carbocycles. The molecule has 0 radical (unpaired) electrons. The monoisotopic (exact) mass is 271 g/mol. The van der Waals surface area contributed by atoms with Gasteiger partial charge < -0.3 is 14.7 Å². The van der Waals surface area contributed by atoms with Crippen LogP contribution in [0.1, 0.15) is 40.0 Å². The first-order valence-electron chi connectivity index (χ1n) is 6.43. The van der Waals surface area contributed by atoms with Crippen LogP contribution in [0.3, 0.4) is 0 Å². The Morgan fingerprint density at radius 3 is 2.16 bits per heavy atom. The Kier molecular flexibility index (Phi) is 4.91. The molecule has 19 heavy (non-hydrogen) atoms. The van der Waals surface area contributed by atoms with Crippen molar-refractivity contribution >= 4 is 17.8 Å². The fourth-order valence-corrected chi connectivity index (χ4v) is 2.00. The predicted molar refractivity (Wildman–Crippen MR) is 67.8 cm³/mol. The summed E-state index contributed by atoms with van der Waals surface area (Å²) in [5.41, 5.74) is -0.521. The zero-order chi connectivity index (χ0) is 14.6. The molecule has 0 bridgehead atoms. The molecule has 108 valence electrons. The summed E-state index contributed by atoms with van der Waals surface area (Å²) >= 11 is 0. The number of Topliss-reactive ketones (excluding diaryl/α,β-unsaturated/α-hetero) is 1. The highest BCUT2D eigenvalue weighted by Crippen LogP contribution is 2.22. The van der Waals surface area contributed by atoms with Crippen LogP contribution in [0.4, 0.5) is 4.79 Å². The first kappa shape index (κ1) is 15.5. The van der Waals surface area contributed by atoms with Crippen molar-refractivity contribution < 1.29 is 24.2 Å². The average Bonchev–Trinajstić information content (AvgIpc) is 2.27. The number of likely N-dealkylation sites (tertiary alicyclic amines) is 1. The number of aliphatic carboxylic acids is 1. The molecule has 0 aromatic heterocycles. The molecule has 1 amide bonds. The third kappa shape index (κ3) is 5.28. The number of rotatable bonds is 3. The van der Waals surface area contributed by atoms with Gasteiger partial charge in [0.1, 0.15) is 5.60 Å². The van der Waals surface area contributed by atoms with E-state index in [2.05, 4.69) is 0 Å². The normalized spacial score (nSPS) is 17.1. The number of amides is 1. The molecule has 1 heterocycles. The van der Waals surface area contributed by atoms with Crippen molar-refractivity contribution in [3.05, 3.63) is 0 Å². The van der Waals surface area contributed by atoms with Gasteiger partial charge in [0.2, 0.25) is 5.78 Å². The lowest BCUT2D eigenvalue weighted by Crippen LogP contribution is -2.42. The SMILES string of the molecule is CC(C)(C)OC(=O)N1CCC(CC(=O)C(=O)O)CC1. The molecule has 0 unspecified atom stereocenters. The number of piperidine rings is 1. The third-order valence-electron chi connectivity index (χ3n) is 2.98. The summed E-state index contributed by atoms with van der Waals surface area (Å²) in [5, 5.41) is 8.55. The second-order valence-corrected chi connectivity index (χ2v) is 5.84. The summed E-state index contributed by atoms with van der Waals surface area (Å²) in [7, 11) is 0. The molecule has 1 saturated heterocycles. The Labute approximate surface area is 112 Å². The van der Waals surface area contributed by atoms with Gasteiger partial charge in [-0.25, -0.2) is 9.59 Å². The summed E-state index contributed by atoms with van der Waals surface area (Å²) in [6.45, 7) is 6.44. The van der Waals surface area contributed by atoms with E-state index >= 15 is 0 Å². The van der Waals surface area contributed by atoms with Gasteiger partial charge in [-0.1, -0.05) is 0 Å². The molecule has 0 aromatic carbocycles. The van der Waals surface area contributed by atoms with Gasteiger partial charge in [0, 0.05) is 19.5 Å². The molecule has 0 aliphatic carbocycles. The van der Waals surface area contributed by atoms with Gasteiger partial charge in [-0.2, -0.15) is 0 Å². The first-order chi connectivity index (χ1) is 8.69. The quantitative estimate of drug-likeness (QED) is 0.789. The Hall–Kier alpha value is -1.59. The number of nitrogens with zero attached hydrogens (tertiary/aromatic N) is 1. The summed E-state index contributed by atoms with van der Waals surface area (Å²) < 4.78 is 5.26. The van der Waals surface area contributed by atoms with Crippen LogP contribution < -0.4 is 0 Å². The van der Waals surface area contributed by atoms with Crippen molar-refractivity contribution in [2.45, 2.75) is 45.6 Å². The van der Waals surface area contributed by atoms with Crippen LogP contribution >= 0.6 is 0 Å². The van der Waals surface area contributed by atoms with Gasteiger partial charge in [0.25, 0.3) is 0 Å². The Bertz CT molecular complexity index is 364. The number of carboxylic acids is 1. The summed E-state index contributed by atoms with van der Waals surface area (Å²) in [4.78, 5) is 35.0. The van der Waals surface area contributed by atoms with Crippen LogP contribution in [0, 0.1) is 5.92 Å². The highest BCUT2D eigenvalue weighted by molar-refractivity contribution is 6.32. The van der Waals surface area contributed by atoms with Gasteiger partial charge in [0.05, 0.1) is 0 Å². The molecule has 1 rings (SSSR count). The maximum absolute atomic E-state index is 11.8. The minimum Gasteiger partial charge on any atom is -0.476 e. The maximum Gasteiger partial charge on any atom is 0.410 e. The van der Waals surface area contributed by atoms with Crippen molar-refractivity contribution in [2.75, 3.05) is 13.1 Å². The lowest BCUT2D eigenvalue weighted by atomic mass is 9.92. The van der Waals surface area contributed by atoms with Crippen molar-refractivity contribution in [1.29, 1.82) is 0 Å². The van der Waals surface area contributed by atoms with Crippen molar-refractivity contribution in [1.82, 2.24) is 4.90 Å². The van der Waals surface area contributed by atoms with E-state index in [-0.39, 0.29) is 18.4 Å². The van der Waals surface area contributed by atoms with E-state index in [1.165, 1.54) is 0 Å². The maximum atomic E-state index is 11.8. The molecule has 0 spiro atoms. The molecule has 6 heteroatoms. The number of carboxylic acid groups (broad SMARTS) is 1. The van der Waals surface area contributed by atoms with E-state index in [1.807, 2.05) is 20.8 Å². The van der Waals surface area contributed by atoms with Crippen LogP contribution in [0.2, 0.25) is 0 Å². The Morgan fingerprint density at radius 1 is 1.21 bits per heavy atom. The smallest absolute Gasteiger partial charge is 0.410 e. The van der Waals surface area contributed by atoms with E-state index in [1.54, 1.807) is 4.90 Å². The molecule has 1 fully saturated rings. The van der Waals surface area contributed by atoms with Gasteiger partial charge in [-0.3, -0.25) is 4.79 Å². The molecule has 1 aliphatic rings. The van der Waals surface area contributed by atoms with Crippen LogP contribution in [0.15, 0.2) is 0 Å². The largest absolute Gasteiger partial charge is 0.476 e. The lowest BCUT2D eigenvalue weighted by Gasteiger charge is -2.33. The second kappa shape index (κ2) is 6.04. The van der Waals surface area contributed by atoms with Crippen LogP contribution in [0.5, 0.6) is 0 Å². The number of ketones is 1. The first-order valence-corrected chi connectivity index (χ1v) is 6.43. The number of carbonyl (C=O) groups is 3. The topological polar surface area (TPSA) is 83.9 Å². The number of hydrogen-bond donors (Lipinski definition) is 1. The van der Waals surface area contributed by atoms with Gasteiger partial charge in [-0.05, 0) is 39.5 Å². The number of ether oxygens (including phenoxy) is 1. The number of carbonyl (C=O) groups excluding carboxylic acids is 2. The zero-order valence-electron chi connectivity index (χ0n) is 11.6. The highest BCUT2D eigenvalue weighted by Gasteiger charge is 2.28. The third-order valence-corrected chi connectivity index (χ3v) is 2.98. The molecule has 6 nitrogen and oxygen atoms in total. The fraction of sp³-hybridized carbons (Fsp3) is 0.769. The zero-order valence-corrected chi connectivity index (χ0v) is 11.6. The minimum absolute atomic E-state index is 0.0438. The predicted octanol–water partition coefficient (Wildman–Crippen LogP) is 1.68. The van der Waals surface area contributed by atoms with E-state index in [4.69, 9.17) is 9.84 Å². The lowest BCUT2D eigenvalue weighted by molar-refractivity contribution is -0.149. The molecular formula is C13H21NO5. The standard InChI is InChI=1S/C13H21NO5/c1-13(2,3)19-12(18)14-6-4-9(5-7-14)8-10(15)11(16)17/h9H,4-8H2,1-3H3,(H,16,17). The van der Waals surface area contributed by atoms with Crippen molar-refractivity contribution in [3.63, 3.8) is 0 Å². The molecule has 0 aromatic rings. The second-order valence-electron chi connectivity index (χ2n) is 5.84. The van der Waals surface area contributed by atoms with Crippen LogP contribution in [-0.4, -0.2) is 46.5 Å². The van der Waals surface area contributed by atoms with Gasteiger partial charge in [0.15, 0.2) is 0 Å². The van der Waals surface area contributed by atoms with E-state index in [0.717, 1.165) is 0 Å². The van der Waals surface area contributed by atoms with Crippen LogP contribution in [-0.2, 0) is 14.3 Å². The number of hydrogen-bond acceptors (Lipinski definition) is 4. The van der Waals surface area contributed by atoms with E-state index in [0.29, 0.717) is 25.9 Å². The molecule has 0 atom stereocenters. The minimum atomic E-state index is -1.38. The van der Waals surface area contributed by atoms with Crippen molar-refractivity contribution in [3.8, 4) is 0 Å². The van der Waals surface area contributed by atoms with E-state index in [9.17, 15) is 14.4 Å². The molecule has 1 aliphatic heterocycles. The van der Waals surface area contributed by atoms with Crippen LogP contribution in [0.25, 0.3) is 0 Å². The van der Waals surface area contributed by atoms with Crippen molar-refractivity contribution in [2.24, 2.45) is 5.92 Å². The Morgan fingerprint density at radius 2 is 1.74 bits per heavy atom. The van der Waals surface area contributed by atoms with E-state index < -0.39 is 17.4 Å². The molecule has 1 N–H and O–H groups in total. The van der Waals surface area contributed by atoms with Gasteiger partial charge in [-0.15, -0.1) is 0 Å². The highest BCUT2D eigenvalue weighted by atomic mass is 16.6.